The van der Waals surface area contributed by atoms with Gasteiger partial charge in [-0.2, -0.15) is 0 Å². The molecule has 6 heteroatoms. The van der Waals surface area contributed by atoms with Gasteiger partial charge in [-0.05, 0) is 54.6 Å². The smallest absolute Gasteiger partial charge is 0.162 e. The van der Waals surface area contributed by atoms with Crippen LogP contribution in [-0.2, 0) is 0 Å². The van der Waals surface area contributed by atoms with Crippen LogP contribution < -0.4 is 0 Å². The second-order valence-corrected chi connectivity index (χ2v) is 14.2. The largest absolute Gasteiger partial charge is 0.308 e. The summed E-state index contributed by atoms with van der Waals surface area (Å²) in [6.45, 7) is 0. The van der Waals surface area contributed by atoms with Gasteiger partial charge in [-0.15, -0.1) is 11.3 Å². The van der Waals surface area contributed by atoms with Crippen molar-refractivity contribution in [1.29, 1.82) is 0 Å². The molecule has 7 aromatic carbocycles. The molecule has 0 bridgehead atoms. The normalized spacial score (nSPS) is 12.3. The second-order valence-electron chi connectivity index (χ2n) is 13.2. The molecular formula is C45H25N5S. The average Bonchev–Trinajstić information content (AvgIpc) is 3.94. The summed E-state index contributed by atoms with van der Waals surface area (Å²) in [7, 11) is 0. The summed E-state index contributed by atoms with van der Waals surface area (Å²) >= 11 is 1.77. The molecule has 5 nitrogen and oxygen atoms in total. The highest BCUT2D eigenvalue weighted by atomic mass is 32.1. The van der Waals surface area contributed by atoms with E-state index in [9.17, 15) is 0 Å². The molecular weight excluding hydrogens is 643 g/mol. The van der Waals surface area contributed by atoms with Gasteiger partial charge in [0, 0.05) is 48.8 Å². The number of aromatic nitrogens is 5. The molecule has 0 unspecified atom stereocenters. The first-order valence-corrected chi connectivity index (χ1v) is 17.9. The molecule has 0 atom stereocenters. The molecule has 0 amide bonds. The lowest BCUT2D eigenvalue weighted by molar-refractivity contribution is 1.08. The van der Waals surface area contributed by atoms with E-state index in [1.807, 2.05) is 0 Å². The maximum Gasteiger partial charge on any atom is 0.162 e. The van der Waals surface area contributed by atoms with Crippen LogP contribution in [0.5, 0.6) is 0 Å². The van der Waals surface area contributed by atoms with Gasteiger partial charge < -0.3 is 4.40 Å². The van der Waals surface area contributed by atoms with Gasteiger partial charge in [0.2, 0.25) is 0 Å². The Morgan fingerprint density at radius 1 is 0.431 bits per heavy atom. The van der Waals surface area contributed by atoms with Gasteiger partial charge >= 0.3 is 0 Å². The fourth-order valence-electron chi connectivity index (χ4n) is 8.30. The highest BCUT2D eigenvalue weighted by Crippen LogP contribution is 2.46. The molecule has 51 heavy (non-hydrogen) atoms. The molecule has 0 fully saturated rings. The molecule has 0 N–H and O–H groups in total. The van der Waals surface area contributed by atoms with Crippen molar-refractivity contribution in [3.63, 3.8) is 0 Å². The first-order chi connectivity index (χ1) is 25.3. The van der Waals surface area contributed by atoms with Gasteiger partial charge in [0.1, 0.15) is 10.8 Å². The Kier molecular flexibility index (Phi) is 5.32. The molecule has 12 rings (SSSR count). The monoisotopic (exact) mass is 667 g/mol. The predicted molar refractivity (Wildman–Crippen MR) is 213 cm³/mol. The van der Waals surface area contributed by atoms with Gasteiger partial charge in [0.05, 0.1) is 43.3 Å². The van der Waals surface area contributed by atoms with Gasteiger partial charge in [-0.3, -0.25) is 4.57 Å². The summed E-state index contributed by atoms with van der Waals surface area (Å²) in [6.07, 6.45) is 0. The number of thiazole rings is 1. The fourth-order valence-corrected chi connectivity index (χ4v) is 9.40. The summed E-state index contributed by atoms with van der Waals surface area (Å²) in [5.74, 6) is 1.58. The van der Waals surface area contributed by atoms with E-state index < -0.39 is 0 Å². The maximum absolute atomic E-state index is 5.42. The highest BCUT2D eigenvalue weighted by molar-refractivity contribution is 7.22. The zero-order valence-corrected chi connectivity index (χ0v) is 27.9. The fraction of sp³-hybridized carbons (Fsp3) is 0. The molecule has 0 spiro atoms. The summed E-state index contributed by atoms with van der Waals surface area (Å²) in [4.78, 5) is 15.8. The first kappa shape index (κ1) is 27.2. The van der Waals surface area contributed by atoms with E-state index in [1.54, 1.807) is 11.3 Å². The van der Waals surface area contributed by atoms with Crippen molar-refractivity contribution in [2.24, 2.45) is 0 Å². The summed E-state index contributed by atoms with van der Waals surface area (Å²) in [5.41, 5.74) is 9.93. The number of benzene rings is 7. The lowest BCUT2D eigenvalue weighted by Crippen LogP contribution is -2.02. The third-order valence-corrected chi connectivity index (χ3v) is 11.6. The molecule has 0 radical (unpaired) electrons. The maximum atomic E-state index is 5.42. The predicted octanol–water partition coefficient (Wildman–Crippen LogP) is 11.8. The van der Waals surface area contributed by atoms with Crippen LogP contribution in [0.15, 0.2) is 152 Å². The van der Waals surface area contributed by atoms with Crippen LogP contribution in [0.1, 0.15) is 0 Å². The number of hydrogen-bond donors (Lipinski definition) is 0. The third-order valence-electron chi connectivity index (χ3n) is 10.5. The molecule has 236 valence electrons. The summed E-state index contributed by atoms with van der Waals surface area (Å²) in [5, 5.41) is 9.35. The molecule has 0 saturated heterocycles. The molecule has 0 aliphatic rings. The van der Waals surface area contributed by atoms with Crippen LogP contribution >= 0.6 is 11.3 Å². The van der Waals surface area contributed by atoms with Gasteiger partial charge in [-0.25, -0.2) is 15.0 Å². The van der Waals surface area contributed by atoms with Crippen LogP contribution in [0.4, 0.5) is 0 Å². The number of fused-ring (bicyclic) bond motifs is 12. The minimum atomic E-state index is 0.701. The Labute approximate surface area is 294 Å². The van der Waals surface area contributed by atoms with Crippen molar-refractivity contribution < 1.29 is 0 Å². The molecule has 5 heterocycles. The molecule has 0 saturated carbocycles. The first-order valence-electron chi connectivity index (χ1n) is 17.1. The SMILES string of the molecule is c1ccc(-c2nc3cc4c5ccccc5n5c6ccc(-c7nc(-n8c9ccccc9c9ccccc98)c8ccccc8n7)cc6c(c3s2)c45)cc1. The lowest BCUT2D eigenvalue weighted by Gasteiger charge is -2.12. The van der Waals surface area contributed by atoms with E-state index >= 15 is 0 Å². The number of hydrogen-bond acceptors (Lipinski definition) is 4. The van der Waals surface area contributed by atoms with Crippen LogP contribution in [-0.4, -0.2) is 23.9 Å². The number of nitrogens with zero attached hydrogens (tertiary/aromatic N) is 5. The molecule has 0 aliphatic carbocycles. The Balaban J connectivity index is 1.17. The van der Waals surface area contributed by atoms with Crippen molar-refractivity contribution >= 4 is 92.4 Å². The Bertz CT molecular complexity index is 3320. The third kappa shape index (κ3) is 3.66. The van der Waals surface area contributed by atoms with Gasteiger partial charge in [0.25, 0.3) is 0 Å². The van der Waals surface area contributed by atoms with E-state index in [0.29, 0.717) is 5.82 Å². The number of para-hydroxylation sites is 4. The standard InChI is InChI=1S/C45H25N5S/c1-2-12-26(13-3-1)45-47-35-25-32-30-16-7-9-19-36(30)49-39-23-22-27(24-33(39)40(41(32)49)42(35)51-45)43-46-34-18-8-4-17-31(34)44(48-43)50-37-20-10-5-14-28(37)29-15-6-11-21-38(29)50/h1-25H. The van der Waals surface area contributed by atoms with Crippen LogP contribution in [0.2, 0.25) is 0 Å². The average molecular weight is 668 g/mol. The zero-order valence-electron chi connectivity index (χ0n) is 27.1. The Morgan fingerprint density at radius 2 is 1.06 bits per heavy atom. The molecule has 5 aromatic heterocycles. The number of rotatable bonds is 3. The van der Waals surface area contributed by atoms with Crippen molar-refractivity contribution in [1.82, 2.24) is 23.9 Å². The highest BCUT2D eigenvalue weighted by Gasteiger charge is 2.23. The quantitative estimate of drug-likeness (QED) is 0.188. The van der Waals surface area contributed by atoms with Gasteiger partial charge in [-0.1, -0.05) is 97.1 Å². The van der Waals surface area contributed by atoms with Crippen LogP contribution in [0, 0.1) is 0 Å². The van der Waals surface area contributed by atoms with E-state index in [1.165, 1.54) is 53.6 Å². The van der Waals surface area contributed by atoms with Crippen molar-refractivity contribution in [3.8, 4) is 27.8 Å². The topological polar surface area (TPSA) is 48.0 Å². The summed E-state index contributed by atoms with van der Waals surface area (Å²) in [6, 6.07) is 53.8. The Hall–Kier alpha value is -6.63. The lowest BCUT2D eigenvalue weighted by atomic mass is 10.0. The molecule has 12 aromatic rings. The van der Waals surface area contributed by atoms with E-state index in [-0.39, 0.29) is 0 Å². The van der Waals surface area contributed by atoms with Gasteiger partial charge in [0.15, 0.2) is 5.82 Å². The van der Waals surface area contributed by atoms with Crippen LogP contribution in [0.3, 0.4) is 0 Å². The van der Waals surface area contributed by atoms with E-state index in [0.717, 1.165) is 49.4 Å². The van der Waals surface area contributed by atoms with E-state index in [4.69, 9.17) is 15.0 Å². The minimum Gasteiger partial charge on any atom is -0.308 e. The van der Waals surface area contributed by atoms with Crippen molar-refractivity contribution in [3.05, 3.63) is 152 Å². The van der Waals surface area contributed by atoms with Crippen LogP contribution in [0.25, 0.3) is 109 Å². The second kappa shape index (κ2) is 9.97. The zero-order chi connectivity index (χ0) is 33.2. The van der Waals surface area contributed by atoms with E-state index in [2.05, 4.69) is 161 Å². The Morgan fingerprint density at radius 3 is 1.82 bits per heavy atom. The summed E-state index contributed by atoms with van der Waals surface area (Å²) < 4.78 is 5.94. The van der Waals surface area contributed by atoms with Crippen molar-refractivity contribution in [2.45, 2.75) is 0 Å². The molecule has 0 aliphatic heterocycles. The minimum absolute atomic E-state index is 0.701. The van der Waals surface area contributed by atoms with Crippen molar-refractivity contribution in [2.75, 3.05) is 0 Å².